The van der Waals surface area contributed by atoms with Crippen LogP contribution in [0.3, 0.4) is 0 Å². The van der Waals surface area contributed by atoms with Crippen molar-refractivity contribution in [3.05, 3.63) is 29.8 Å². The van der Waals surface area contributed by atoms with Gasteiger partial charge in [0, 0.05) is 6.04 Å². The van der Waals surface area contributed by atoms with E-state index in [9.17, 15) is 8.78 Å². The lowest BCUT2D eigenvalue weighted by Crippen LogP contribution is -2.21. The number of anilines is 1. The molecule has 1 unspecified atom stereocenters. The predicted molar refractivity (Wildman–Crippen MR) is 56.8 cm³/mol. The highest BCUT2D eigenvalue weighted by Gasteiger charge is 2.30. The van der Waals surface area contributed by atoms with E-state index in [1.54, 1.807) is 6.07 Å². The van der Waals surface area contributed by atoms with Crippen molar-refractivity contribution in [3.8, 4) is 0 Å². The lowest BCUT2D eigenvalue weighted by Gasteiger charge is -2.18. The van der Waals surface area contributed by atoms with Crippen molar-refractivity contribution >= 4 is 5.69 Å². The number of hydrogen-bond donors (Lipinski definition) is 1. The molecule has 1 atom stereocenters. The first kappa shape index (κ1) is 10.4. The molecule has 1 saturated carbocycles. The van der Waals surface area contributed by atoms with Crippen molar-refractivity contribution < 1.29 is 8.78 Å². The molecule has 1 aromatic rings. The first-order valence-corrected chi connectivity index (χ1v) is 5.43. The van der Waals surface area contributed by atoms with Gasteiger partial charge in [-0.3, -0.25) is 0 Å². The maximum absolute atomic E-state index is 13.3. The Morgan fingerprint density at radius 2 is 2.13 bits per heavy atom. The van der Waals surface area contributed by atoms with Crippen LogP contribution < -0.4 is 5.32 Å². The second kappa shape index (κ2) is 4.17. The molecular formula is C12H15F2N. The molecule has 82 valence electrons. The summed E-state index contributed by atoms with van der Waals surface area (Å²) < 4.78 is 26.3. The van der Waals surface area contributed by atoms with Crippen molar-refractivity contribution in [3.63, 3.8) is 0 Å². The lowest BCUT2D eigenvalue weighted by molar-refractivity contribution is 0.507. The van der Waals surface area contributed by atoms with Crippen LogP contribution in [0.25, 0.3) is 0 Å². The third kappa shape index (κ3) is 2.28. The number of halogens is 2. The lowest BCUT2D eigenvalue weighted by atomic mass is 10.1. The SMILES string of the molecule is CCC(Nc1cccc(F)c1F)C1CC1. The Bertz CT molecular complexity index is 347. The molecule has 3 heteroatoms. The van der Waals surface area contributed by atoms with E-state index in [0.717, 1.165) is 12.5 Å². The molecule has 0 aliphatic heterocycles. The molecule has 0 spiro atoms. The number of rotatable bonds is 4. The van der Waals surface area contributed by atoms with E-state index in [1.807, 2.05) is 0 Å². The van der Waals surface area contributed by atoms with Gasteiger partial charge in [-0.2, -0.15) is 0 Å². The molecule has 0 heterocycles. The van der Waals surface area contributed by atoms with Gasteiger partial charge < -0.3 is 5.32 Å². The van der Waals surface area contributed by atoms with Gasteiger partial charge in [0.1, 0.15) is 0 Å². The monoisotopic (exact) mass is 211 g/mol. The summed E-state index contributed by atoms with van der Waals surface area (Å²) in [6.07, 6.45) is 3.34. The van der Waals surface area contributed by atoms with Crippen molar-refractivity contribution in [2.45, 2.75) is 32.2 Å². The molecule has 0 radical (unpaired) electrons. The molecule has 0 amide bonds. The Balaban J connectivity index is 2.11. The quantitative estimate of drug-likeness (QED) is 0.802. The topological polar surface area (TPSA) is 12.0 Å². The zero-order valence-corrected chi connectivity index (χ0v) is 8.76. The van der Waals surface area contributed by atoms with Gasteiger partial charge in [-0.1, -0.05) is 13.0 Å². The first-order chi connectivity index (χ1) is 7.22. The normalized spacial score (nSPS) is 17.5. The van der Waals surface area contributed by atoms with Gasteiger partial charge >= 0.3 is 0 Å². The molecule has 1 fully saturated rings. The fourth-order valence-electron chi connectivity index (χ4n) is 1.87. The molecule has 0 aromatic heterocycles. The Morgan fingerprint density at radius 1 is 1.40 bits per heavy atom. The summed E-state index contributed by atoms with van der Waals surface area (Å²) in [5, 5.41) is 3.08. The molecule has 1 aliphatic carbocycles. The van der Waals surface area contributed by atoms with Gasteiger partial charge in [0.05, 0.1) is 5.69 Å². The highest BCUT2D eigenvalue weighted by atomic mass is 19.2. The van der Waals surface area contributed by atoms with Crippen LogP contribution in [0.4, 0.5) is 14.5 Å². The van der Waals surface area contributed by atoms with E-state index in [1.165, 1.54) is 18.9 Å². The van der Waals surface area contributed by atoms with E-state index < -0.39 is 11.6 Å². The first-order valence-electron chi connectivity index (χ1n) is 5.43. The Labute approximate surface area is 88.5 Å². The second-order valence-corrected chi connectivity index (χ2v) is 4.10. The summed E-state index contributed by atoms with van der Waals surface area (Å²) in [5.74, 6) is -0.917. The Kier molecular flexibility index (Phi) is 2.89. The third-order valence-corrected chi connectivity index (χ3v) is 2.92. The number of hydrogen-bond acceptors (Lipinski definition) is 1. The van der Waals surface area contributed by atoms with Crippen molar-refractivity contribution in [1.29, 1.82) is 0 Å². The van der Waals surface area contributed by atoms with Gasteiger partial charge in [0.15, 0.2) is 11.6 Å². The maximum Gasteiger partial charge on any atom is 0.181 e. The highest BCUT2D eigenvalue weighted by Crippen LogP contribution is 2.36. The fraction of sp³-hybridized carbons (Fsp3) is 0.500. The van der Waals surface area contributed by atoms with E-state index >= 15 is 0 Å². The van der Waals surface area contributed by atoms with E-state index in [4.69, 9.17) is 0 Å². The third-order valence-electron chi connectivity index (χ3n) is 2.92. The molecular weight excluding hydrogens is 196 g/mol. The molecule has 1 nitrogen and oxygen atoms in total. The zero-order chi connectivity index (χ0) is 10.8. The van der Waals surface area contributed by atoms with Crippen LogP contribution in [0.5, 0.6) is 0 Å². The minimum atomic E-state index is -0.786. The average molecular weight is 211 g/mol. The van der Waals surface area contributed by atoms with Crippen LogP contribution in [0.2, 0.25) is 0 Å². The van der Waals surface area contributed by atoms with Gasteiger partial charge in [-0.05, 0) is 37.3 Å². The fourth-order valence-corrected chi connectivity index (χ4v) is 1.87. The van der Waals surface area contributed by atoms with Crippen LogP contribution in [-0.2, 0) is 0 Å². The zero-order valence-electron chi connectivity index (χ0n) is 8.76. The average Bonchev–Trinajstić information content (AvgIpc) is 3.04. The molecule has 1 N–H and O–H groups in total. The van der Waals surface area contributed by atoms with Crippen LogP contribution in [0.15, 0.2) is 18.2 Å². The standard InChI is InChI=1S/C12H15F2N/c1-2-10(8-6-7-8)15-11-5-3-4-9(13)12(11)14/h3-5,8,10,15H,2,6-7H2,1H3. The van der Waals surface area contributed by atoms with Crippen LogP contribution >= 0.6 is 0 Å². The van der Waals surface area contributed by atoms with E-state index in [2.05, 4.69) is 12.2 Å². The molecule has 1 aromatic carbocycles. The summed E-state index contributed by atoms with van der Waals surface area (Å²) >= 11 is 0. The molecule has 1 aliphatic rings. The van der Waals surface area contributed by atoms with E-state index in [-0.39, 0.29) is 11.7 Å². The molecule has 15 heavy (non-hydrogen) atoms. The van der Waals surface area contributed by atoms with Crippen LogP contribution in [0.1, 0.15) is 26.2 Å². The van der Waals surface area contributed by atoms with Crippen LogP contribution in [-0.4, -0.2) is 6.04 Å². The molecule has 0 bridgehead atoms. The minimum Gasteiger partial charge on any atom is -0.380 e. The summed E-state index contributed by atoms with van der Waals surface area (Å²) in [4.78, 5) is 0. The van der Waals surface area contributed by atoms with Crippen molar-refractivity contribution in [2.24, 2.45) is 5.92 Å². The molecule has 2 rings (SSSR count). The maximum atomic E-state index is 13.3. The van der Waals surface area contributed by atoms with Gasteiger partial charge in [-0.25, -0.2) is 8.78 Å². The number of nitrogens with one attached hydrogen (secondary N) is 1. The van der Waals surface area contributed by atoms with Crippen LogP contribution in [0, 0.1) is 17.6 Å². The molecule has 0 saturated heterocycles. The number of benzene rings is 1. The summed E-state index contributed by atoms with van der Waals surface area (Å²) in [5.41, 5.74) is 0.286. The van der Waals surface area contributed by atoms with Gasteiger partial charge in [0.25, 0.3) is 0 Å². The largest absolute Gasteiger partial charge is 0.380 e. The van der Waals surface area contributed by atoms with E-state index in [0.29, 0.717) is 5.92 Å². The summed E-state index contributed by atoms with van der Waals surface area (Å²) in [6, 6.07) is 4.53. The Hall–Kier alpha value is -1.12. The predicted octanol–water partition coefficient (Wildman–Crippen LogP) is 3.57. The second-order valence-electron chi connectivity index (χ2n) is 4.10. The minimum absolute atomic E-state index is 0.279. The van der Waals surface area contributed by atoms with Gasteiger partial charge in [-0.15, -0.1) is 0 Å². The Morgan fingerprint density at radius 3 is 2.73 bits per heavy atom. The van der Waals surface area contributed by atoms with Gasteiger partial charge in [0.2, 0.25) is 0 Å². The highest BCUT2D eigenvalue weighted by molar-refractivity contribution is 5.46. The van der Waals surface area contributed by atoms with Crippen molar-refractivity contribution in [1.82, 2.24) is 0 Å². The summed E-state index contributed by atoms with van der Waals surface area (Å²) in [7, 11) is 0. The summed E-state index contributed by atoms with van der Waals surface area (Å²) in [6.45, 7) is 2.06. The smallest absolute Gasteiger partial charge is 0.181 e. The van der Waals surface area contributed by atoms with Crippen molar-refractivity contribution in [2.75, 3.05) is 5.32 Å².